The Morgan fingerprint density at radius 3 is 1.27 bits per heavy atom. The molecule has 12 heteroatoms. The minimum atomic E-state index is -4.73. The lowest BCUT2D eigenvalue weighted by Crippen LogP contribution is -2.43. The summed E-state index contributed by atoms with van der Waals surface area (Å²) >= 11 is 0. The van der Waals surface area contributed by atoms with E-state index in [0.29, 0.717) is 12.8 Å². The highest BCUT2D eigenvalue weighted by Gasteiger charge is 2.28. The number of hydrogen-bond donors (Lipinski definition) is 4. The van der Waals surface area contributed by atoms with E-state index in [-0.39, 0.29) is 12.8 Å². The van der Waals surface area contributed by atoms with Crippen molar-refractivity contribution in [2.75, 3.05) is 19.8 Å². The number of unbranched alkanes of at least 4 members (excludes halogenated alkanes) is 26. The molecule has 0 spiro atoms. The topological polar surface area (TPSA) is 169 Å². The molecule has 1 amide bonds. The van der Waals surface area contributed by atoms with E-state index in [1.165, 1.54) is 122 Å². The van der Waals surface area contributed by atoms with Crippen LogP contribution < -0.4 is 5.32 Å². The molecule has 0 heterocycles. The van der Waals surface area contributed by atoms with Crippen molar-refractivity contribution in [3.8, 4) is 0 Å². The summed E-state index contributed by atoms with van der Waals surface area (Å²) in [6, 6.07) is -1.54. The number of ether oxygens (including phenoxy) is 1. The monoisotopic (exact) mass is 764 g/mol. The van der Waals surface area contributed by atoms with E-state index in [0.717, 1.165) is 44.9 Å². The van der Waals surface area contributed by atoms with Gasteiger partial charge in [-0.2, -0.15) is 0 Å². The third kappa shape index (κ3) is 35.5. The van der Waals surface area contributed by atoms with Crippen molar-refractivity contribution in [1.29, 1.82) is 0 Å². The molecule has 0 aliphatic carbocycles. The number of phosphoric ester groups is 1. The van der Waals surface area contributed by atoms with Crippen LogP contribution in [0.5, 0.6) is 0 Å². The number of amides is 1. The highest BCUT2D eigenvalue weighted by molar-refractivity contribution is 7.47. The number of esters is 1. The number of carbonyl (C=O) groups excluding carboxylic acids is 2. The second kappa shape index (κ2) is 36.5. The summed E-state index contributed by atoms with van der Waals surface area (Å²) in [5.41, 5.74) is 0. The van der Waals surface area contributed by atoms with E-state index in [1.807, 2.05) is 0 Å². The summed E-state index contributed by atoms with van der Waals surface area (Å²) in [6.45, 7) is 2.48. The smallest absolute Gasteiger partial charge is 0.472 e. The first-order chi connectivity index (χ1) is 25.1. The van der Waals surface area contributed by atoms with Crippen molar-refractivity contribution >= 4 is 25.7 Å². The van der Waals surface area contributed by atoms with Crippen molar-refractivity contribution in [3.63, 3.8) is 0 Å². The molecule has 0 saturated carbocycles. The minimum absolute atomic E-state index is 0.144. The van der Waals surface area contributed by atoms with Gasteiger partial charge in [0.05, 0.1) is 13.2 Å². The van der Waals surface area contributed by atoms with Gasteiger partial charge in [0, 0.05) is 12.8 Å². The van der Waals surface area contributed by atoms with Crippen molar-refractivity contribution in [3.05, 3.63) is 0 Å². The predicted molar refractivity (Wildman–Crippen MR) is 208 cm³/mol. The molecule has 11 nitrogen and oxygen atoms in total. The molecule has 0 aromatic heterocycles. The molecule has 52 heavy (non-hydrogen) atoms. The number of aliphatic hydroxyl groups excluding tert-OH is 1. The summed E-state index contributed by atoms with van der Waals surface area (Å²) in [5, 5.41) is 21.6. The van der Waals surface area contributed by atoms with Crippen LogP contribution in [0.25, 0.3) is 0 Å². The van der Waals surface area contributed by atoms with Gasteiger partial charge in [-0.15, -0.1) is 0 Å². The summed E-state index contributed by atoms with van der Waals surface area (Å²) in [4.78, 5) is 45.4. The quantitative estimate of drug-likeness (QED) is 0.0268. The molecular weight excluding hydrogens is 685 g/mol. The maximum absolute atomic E-state index is 12.1. The van der Waals surface area contributed by atoms with Gasteiger partial charge in [0.15, 0.2) is 6.04 Å². The second-order valence-corrected chi connectivity index (χ2v) is 16.0. The van der Waals surface area contributed by atoms with Gasteiger partial charge < -0.3 is 25.2 Å². The first kappa shape index (κ1) is 50.5. The van der Waals surface area contributed by atoms with Crippen LogP contribution in [0, 0.1) is 0 Å². The fourth-order valence-electron chi connectivity index (χ4n) is 6.08. The van der Waals surface area contributed by atoms with E-state index in [1.54, 1.807) is 0 Å². The number of rotatable bonds is 40. The van der Waals surface area contributed by atoms with Gasteiger partial charge in [-0.05, 0) is 12.8 Å². The zero-order chi connectivity index (χ0) is 38.5. The Morgan fingerprint density at radius 1 is 0.538 bits per heavy atom. The molecule has 3 atom stereocenters. The van der Waals surface area contributed by atoms with E-state index < -0.39 is 57.6 Å². The average molecular weight is 764 g/mol. The molecular formula is C40H78NO10P. The lowest BCUT2D eigenvalue weighted by atomic mass is 10.0. The molecule has 0 aromatic rings. The van der Waals surface area contributed by atoms with Crippen molar-refractivity contribution in [2.24, 2.45) is 0 Å². The van der Waals surface area contributed by atoms with Crippen LogP contribution in [0.4, 0.5) is 0 Å². The largest absolute Gasteiger partial charge is 0.480 e. The minimum Gasteiger partial charge on any atom is -0.480 e. The summed E-state index contributed by atoms with van der Waals surface area (Å²) < 4.78 is 26.6. The van der Waals surface area contributed by atoms with Gasteiger partial charge in [-0.3, -0.25) is 18.6 Å². The van der Waals surface area contributed by atoms with Gasteiger partial charge in [-0.25, -0.2) is 9.36 Å². The standard InChI is InChI=1S/C40H78NO10P/c1-3-5-7-9-10-11-12-13-14-15-16-17-18-19-20-21-22-23-24-25-26-28-30-32-39(44)49-33-36(42)34-50-52(47,48)51-35-37(40(45)46)41-38(43)31-29-27-8-6-4-2/h36-37,42H,3-35H2,1-2H3,(H,41,43)(H,45,46)(H,47,48). The number of aliphatic carboxylic acids is 1. The van der Waals surface area contributed by atoms with Gasteiger partial charge in [0.2, 0.25) is 5.91 Å². The molecule has 0 fully saturated rings. The Bertz CT molecular complexity index is 906. The van der Waals surface area contributed by atoms with Crippen molar-refractivity contribution < 1.29 is 47.8 Å². The van der Waals surface area contributed by atoms with Crippen molar-refractivity contribution in [2.45, 2.75) is 219 Å². The molecule has 0 aliphatic heterocycles. The van der Waals surface area contributed by atoms with Crippen LogP contribution in [-0.2, 0) is 32.7 Å². The highest BCUT2D eigenvalue weighted by atomic mass is 31.2. The molecule has 308 valence electrons. The van der Waals surface area contributed by atoms with E-state index in [9.17, 15) is 34.1 Å². The van der Waals surface area contributed by atoms with E-state index in [2.05, 4.69) is 19.2 Å². The molecule has 0 bridgehead atoms. The second-order valence-electron chi connectivity index (χ2n) is 14.5. The van der Waals surface area contributed by atoms with E-state index in [4.69, 9.17) is 13.8 Å². The molecule has 4 N–H and O–H groups in total. The van der Waals surface area contributed by atoms with Crippen LogP contribution in [0.3, 0.4) is 0 Å². The Kier molecular flexibility index (Phi) is 35.4. The van der Waals surface area contributed by atoms with Crippen LogP contribution in [0.15, 0.2) is 0 Å². The van der Waals surface area contributed by atoms with Gasteiger partial charge in [0.25, 0.3) is 0 Å². The van der Waals surface area contributed by atoms with Gasteiger partial charge >= 0.3 is 19.8 Å². The Balaban J connectivity index is 3.68. The average Bonchev–Trinajstić information content (AvgIpc) is 3.11. The van der Waals surface area contributed by atoms with Crippen LogP contribution in [0.1, 0.15) is 206 Å². The maximum Gasteiger partial charge on any atom is 0.472 e. The molecule has 0 radical (unpaired) electrons. The molecule has 0 rings (SSSR count). The van der Waals surface area contributed by atoms with Gasteiger partial charge in [0.1, 0.15) is 12.7 Å². The third-order valence-electron chi connectivity index (χ3n) is 9.40. The predicted octanol–water partition coefficient (Wildman–Crippen LogP) is 10.3. The molecule has 0 aliphatic rings. The summed E-state index contributed by atoms with van der Waals surface area (Å²) in [5.74, 6) is -2.38. The Morgan fingerprint density at radius 2 is 0.885 bits per heavy atom. The lowest BCUT2D eigenvalue weighted by molar-refractivity contribution is -0.147. The maximum atomic E-state index is 12.1. The van der Waals surface area contributed by atoms with Crippen LogP contribution >= 0.6 is 7.82 Å². The Hall–Kier alpha value is -1.52. The molecule has 0 saturated heterocycles. The van der Waals surface area contributed by atoms with E-state index >= 15 is 0 Å². The summed E-state index contributed by atoms with van der Waals surface area (Å²) in [7, 11) is -4.73. The normalized spacial score (nSPS) is 13.8. The molecule has 3 unspecified atom stereocenters. The fourth-order valence-corrected chi connectivity index (χ4v) is 6.85. The number of carboxylic acids is 1. The zero-order valence-electron chi connectivity index (χ0n) is 33.1. The number of hydrogen-bond acceptors (Lipinski definition) is 8. The zero-order valence-corrected chi connectivity index (χ0v) is 34.0. The number of carboxylic acid groups (broad SMARTS) is 1. The number of aliphatic hydroxyl groups is 1. The lowest BCUT2D eigenvalue weighted by Gasteiger charge is -2.18. The molecule has 0 aromatic carbocycles. The number of carbonyl (C=O) groups is 3. The first-order valence-corrected chi connectivity index (χ1v) is 22.6. The number of phosphoric acid groups is 1. The van der Waals surface area contributed by atoms with Crippen LogP contribution in [0.2, 0.25) is 0 Å². The third-order valence-corrected chi connectivity index (χ3v) is 10.3. The Labute approximate surface area is 316 Å². The van der Waals surface area contributed by atoms with Gasteiger partial charge in [-0.1, -0.05) is 181 Å². The van der Waals surface area contributed by atoms with Crippen molar-refractivity contribution in [1.82, 2.24) is 5.32 Å². The number of nitrogens with one attached hydrogen (secondary N) is 1. The SMILES string of the molecule is CCCCCCCCCCCCCCCCCCCCCCCCCC(=O)OCC(O)COP(=O)(O)OCC(NC(=O)CCCCCCC)C(=O)O. The first-order valence-electron chi connectivity index (χ1n) is 21.1. The summed E-state index contributed by atoms with van der Waals surface area (Å²) in [6.07, 6.45) is 33.6. The van der Waals surface area contributed by atoms with Crippen LogP contribution in [-0.4, -0.2) is 64.9 Å². The fraction of sp³-hybridized carbons (Fsp3) is 0.925. The highest BCUT2D eigenvalue weighted by Crippen LogP contribution is 2.43.